The Morgan fingerprint density at radius 3 is 2.55 bits per heavy atom. The molecule has 2 aromatic carbocycles. The zero-order chi connectivity index (χ0) is 22.4. The molecular weight excluding hydrogens is 396 g/mol. The van der Waals surface area contributed by atoms with E-state index in [0.717, 1.165) is 5.56 Å². The van der Waals surface area contributed by atoms with E-state index in [1.807, 2.05) is 19.9 Å². The highest BCUT2D eigenvalue weighted by atomic mass is 16.5. The minimum Gasteiger partial charge on any atom is -0.494 e. The van der Waals surface area contributed by atoms with Crippen LogP contribution >= 0.6 is 0 Å². The molecule has 0 spiro atoms. The molecule has 0 aliphatic rings. The number of carbonyl (C=O) groups excluding carboxylic acids is 1. The number of carboxylic acids is 1. The van der Waals surface area contributed by atoms with Gasteiger partial charge in [-0.05, 0) is 67.9 Å². The average molecular weight is 416 g/mol. The van der Waals surface area contributed by atoms with Crippen LogP contribution in [-0.4, -0.2) is 23.6 Å². The fraction of sp³-hybridized carbons (Fsp3) is 0.125. The largest absolute Gasteiger partial charge is 0.494 e. The number of aryl methyl sites for hydroxylation is 1. The number of ether oxygens (including phenoxy) is 1. The molecule has 0 radical (unpaired) electrons. The molecular formula is C24H20N2O5. The first kappa shape index (κ1) is 21.4. The van der Waals surface area contributed by atoms with Crippen molar-refractivity contribution >= 4 is 23.6 Å². The molecule has 0 atom stereocenters. The Balaban J connectivity index is 1.80. The molecule has 0 aliphatic carbocycles. The molecule has 2 N–H and O–H groups in total. The number of anilines is 1. The van der Waals surface area contributed by atoms with E-state index in [9.17, 15) is 20.0 Å². The van der Waals surface area contributed by atoms with Gasteiger partial charge in [0.05, 0.1) is 12.2 Å². The minimum absolute atomic E-state index is 0.134. The highest BCUT2D eigenvalue weighted by Gasteiger charge is 2.14. The zero-order valence-electron chi connectivity index (χ0n) is 17.0. The number of benzene rings is 2. The van der Waals surface area contributed by atoms with E-state index >= 15 is 0 Å². The van der Waals surface area contributed by atoms with Crippen LogP contribution in [0.25, 0.3) is 17.4 Å². The number of rotatable bonds is 7. The first-order chi connectivity index (χ1) is 14.9. The summed E-state index contributed by atoms with van der Waals surface area (Å²) in [6.07, 6.45) is 1.34. The first-order valence-electron chi connectivity index (χ1n) is 9.51. The zero-order valence-corrected chi connectivity index (χ0v) is 17.0. The van der Waals surface area contributed by atoms with Crippen LogP contribution in [0.3, 0.4) is 0 Å². The molecule has 0 saturated carbocycles. The number of carbonyl (C=O) groups is 2. The Morgan fingerprint density at radius 2 is 1.90 bits per heavy atom. The van der Waals surface area contributed by atoms with E-state index in [2.05, 4.69) is 5.32 Å². The maximum atomic E-state index is 12.5. The summed E-state index contributed by atoms with van der Waals surface area (Å²) in [6, 6.07) is 16.7. The number of carboxylic acid groups (broad SMARTS) is 1. The van der Waals surface area contributed by atoms with Gasteiger partial charge in [-0.2, -0.15) is 5.26 Å². The Kier molecular flexibility index (Phi) is 6.53. The highest BCUT2D eigenvalue weighted by molar-refractivity contribution is 6.09. The molecule has 1 heterocycles. The van der Waals surface area contributed by atoms with Crippen LogP contribution in [0, 0.1) is 18.3 Å². The number of nitrogens with one attached hydrogen (secondary N) is 1. The van der Waals surface area contributed by atoms with Crippen molar-refractivity contribution in [1.82, 2.24) is 0 Å². The Morgan fingerprint density at radius 1 is 1.16 bits per heavy atom. The van der Waals surface area contributed by atoms with Gasteiger partial charge in [-0.25, -0.2) is 4.79 Å². The van der Waals surface area contributed by atoms with Gasteiger partial charge in [0.25, 0.3) is 5.91 Å². The van der Waals surface area contributed by atoms with Crippen LogP contribution in [0.5, 0.6) is 5.75 Å². The minimum atomic E-state index is -1.04. The second kappa shape index (κ2) is 9.46. The summed E-state index contributed by atoms with van der Waals surface area (Å²) >= 11 is 0. The van der Waals surface area contributed by atoms with Crippen molar-refractivity contribution in [3.63, 3.8) is 0 Å². The number of nitrogens with zero attached hydrogens (tertiary/aromatic N) is 1. The van der Waals surface area contributed by atoms with E-state index in [1.54, 1.807) is 42.5 Å². The van der Waals surface area contributed by atoms with E-state index in [-0.39, 0.29) is 11.1 Å². The third-order valence-corrected chi connectivity index (χ3v) is 4.45. The Hall–Kier alpha value is -4.31. The molecule has 31 heavy (non-hydrogen) atoms. The van der Waals surface area contributed by atoms with Crippen LogP contribution < -0.4 is 10.1 Å². The number of aromatic carboxylic acids is 1. The molecule has 1 aromatic heterocycles. The summed E-state index contributed by atoms with van der Waals surface area (Å²) in [4.78, 5) is 23.7. The van der Waals surface area contributed by atoms with Gasteiger partial charge in [-0.3, -0.25) is 4.79 Å². The van der Waals surface area contributed by atoms with Crippen molar-refractivity contribution in [2.75, 3.05) is 11.9 Å². The number of hydrogen-bond donors (Lipinski definition) is 2. The molecule has 3 rings (SSSR count). The molecule has 0 aliphatic heterocycles. The van der Waals surface area contributed by atoms with E-state index in [0.29, 0.717) is 35.1 Å². The maximum absolute atomic E-state index is 12.5. The smallest absolute Gasteiger partial charge is 0.335 e. The molecule has 7 heteroatoms. The number of amides is 1. The third kappa shape index (κ3) is 5.19. The highest BCUT2D eigenvalue weighted by Crippen LogP contribution is 2.28. The quantitative estimate of drug-likeness (QED) is 0.418. The number of furan rings is 1. The summed E-state index contributed by atoms with van der Waals surface area (Å²) < 4.78 is 11.1. The van der Waals surface area contributed by atoms with Crippen molar-refractivity contribution in [2.24, 2.45) is 0 Å². The van der Waals surface area contributed by atoms with E-state index < -0.39 is 11.9 Å². The normalized spacial score (nSPS) is 10.9. The molecule has 156 valence electrons. The van der Waals surface area contributed by atoms with Crippen LogP contribution in [0.15, 0.2) is 64.6 Å². The molecule has 0 unspecified atom stereocenters. The van der Waals surface area contributed by atoms with Gasteiger partial charge in [0, 0.05) is 17.3 Å². The third-order valence-electron chi connectivity index (χ3n) is 4.45. The lowest BCUT2D eigenvalue weighted by Gasteiger charge is -2.06. The monoisotopic (exact) mass is 416 g/mol. The van der Waals surface area contributed by atoms with Crippen LogP contribution in [0.4, 0.5) is 5.69 Å². The molecule has 7 nitrogen and oxygen atoms in total. The van der Waals surface area contributed by atoms with Gasteiger partial charge < -0.3 is 19.6 Å². The van der Waals surface area contributed by atoms with Gasteiger partial charge in [0.15, 0.2) is 0 Å². The summed E-state index contributed by atoms with van der Waals surface area (Å²) in [5, 5.41) is 21.3. The fourth-order valence-electron chi connectivity index (χ4n) is 2.89. The molecule has 1 amide bonds. The number of hydrogen-bond acceptors (Lipinski definition) is 5. The van der Waals surface area contributed by atoms with Crippen LogP contribution in [0.2, 0.25) is 0 Å². The predicted octanol–water partition coefficient (Wildman–Crippen LogP) is 4.90. The molecule has 0 fully saturated rings. The van der Waals surface area contributed by atoms with Crippen molar-refractivity contribution in [2.45, 2.75) is 13.8 Å². The molecule has 0 saturated heterocycles. The molecule has 3 aromatic rings. The summed E-state index contributed by atoms with van der Waals surface area (Å²) in [5.74, 6) is -0.189. The average Bonchev–Trinajstić information content (AvgIpc) is 3.22. The van der Waals surface area contributed by atoms with E-state index in [4.69, 9.17) is 9.15 Å². The van der Waals surface area contributed by atoms with Crippen molar-refractivity contribution in [3.8, 4) is 23.1 Å². The first-order valence-corrected chi connectivity index (χ1v) is 9.51. The second-order valence-corrected chi connectivity index (χ2v) is 6.62. The van der Waals surface area contributed by atoms with E-state index in [1.165, 1.54) is 18.2 Å². The maximum Gasteiger partial charge on any atom is 0.335 e. The SMILES string of the molecule is CCOc1ccc(NC(=O)/C(C#N)=C\c2ccc(-c3cc(C(=O)O)ccc3C)o2)cc1. The number of nitriles is 1. The van der Waals surface area contributed by atoms with Crippen LogP contribution in [0.1, 0.15) is 28.6 Å². The van der Waals surface area contributed by atoms with Crippen molar-refractivity contribution < 1.29 is 23.8 Å². The van der Waals surface area contributed by atoms with Gasteiger partial charge in [-0.15, -0.1) is 0 Å². The van der Waals surface area contributed by atoms with Crippen LogP contribution in [-0.2, 0) is 4.79 Å². The lowest BCUT2D eigenvalue weighted by molar-refractivity contribution is -0.112. The second-order valence-electron chi connectivity index (χ2n) is 6.62. The molecule has 0 bridgehead atoms. The fourth-order valence-corrected chi connectivity index (χ4v) is 2.89. The predicted molar refractivity (Wildman–Crippen MR) is 116 cm³/mol. The van der Waals surface area contributed by atoms with Crippen molar-refractivity contribution in [1.29, 1.82) is 5.26 Å². The summed E-state index contributed by atoms with van der Waals surface area (Å²) in [6.45, 7) is 4.26. The lowest BCUT2D eigenvalue weighted by Crippen LogP contribution is -2.13. The summed E-state index contributed by atoms with van der Waals surface area (Å²) in [5.41, 5.74) is 1.99. The van der Waals surface area contributed by atoms with Gasteiger partial charge >= 0.3 is 5.97 Å². The summed E-state index contributed by atoms with van der Waals surface area (Å²) in [7, 11) is 0. The van der Waals surface area contributed by atoms with Crippen molar-refractivity contribution in [3.05, 3.63) is 77.1 Å². The topological polar surface area (TPSA) is 113 Å². The van der Waals surface area contributed by atoms with Gasteiger partial charge in [-0.1, -0.05) is 6.07 Å². The van der Waals surface area contributed by atoms with Gasteiger partial charge in [0.1, 0.15) is 28.9 Å². The standard InChI is InChI=1S/C24H20N2O5/c1-3-30-19-8-6-18(7-9-19)26-23(27)17(14-25)12-20-10-11-22(31-20)21-13-16(24(28)29)5-4-15(21)2/h4-13H,3H2,1-2H3,(H,26,27)(H,28,29)/b17-12-. The lowest BCUT2D eigenvalue weighted by atomic mass is 10.0. The Bertz CT molecular complexity index is 1180. The Labute approximate surface area is 179 Å². The van der Waals surface area contributed by atoms with Gasteiger partial charge in [0.2, 0.25) is 0 Å².